The molecule has 0 saturated carbocycles. The van der Waals surface area contributed by atoms with Gasteiger partial charge in [-0.3, -0.25) is 4.84 Å². The minimum atomic E-state index is 1.10. The monoisotopic (exact) mass is 156 g/mol. The number of hydrogen-bond donors (Lipinski definition) is 0. The van der Waals surface area contributed by atoms with Gasteiger partial charge < -0.3 is 0 Å². The fraction of sp³-hybridized carbons (Fsp3) is 0.286. The van der Waals surface area contributed by atoms with Crippen LogP contribution in [0, 0.1) is 0 Å². The predicted octanol–water partition coefficient (Wildman–Crippen LogP) is 0.754. The second-order valence-corrected chi connectivity index (χ2v) is 2.58. The Balaban J connectivity index is 2.96. The van der Waals surface area contributed by atoms with E-state index in [-0.39, 0.29) is 0 Å². The molecule has 0 N–H and O–H groups in total. The van der Waals surface area contributed by atoms with Crippen LogP contribution in [0.25, 0.3) is 0 Å². The Morgan fingerprint density at radius 3 is 2.80 bits per heavy atom. The number of pyridine rings is 1. The SMILES string of the molecule is CO[n+]1ccccc1SC. The molecule has 1 aromatic rings. The molecule has 1 aromatic heterocycles. The third-order valence-electron chi connectivity index (χ3n) is 1.19. The third kappa shape index (κ3) is 1.42. The summed E-state index contributed by atoms with van der Waals surface area (Å²) < 4.78 is 1.73. The maximum absolute atomic E-state index is 5.03. The molecule has 10 heavy (non-hydrogen) atoms. The molecule has 0 aliphatic carbocycles. The Morgan fingerprint density at radius 2 is 2.30 bits per heavy atom. The van der Waals surface area contributed by atoms with Crippen LogP contribution in [-0.4, -0.2) is 13.4 Å². The quantitative estimate of drug-likeness (QED) is 0.463. The first-order valence-electron chi connectivity index (χ1n) is 2.97. The van der Waals surface area contributed by atoms with Crippen LogP contribution in [0.2, 0.25) is 0 Å². The van der Waals surface area contributed by atoms with E-state index in [0.29, 0.717) is 0 Å². The van der Waals surface area contributed by atoms with Crippen LogP contribution >= 0.6 is 11.8 Å². The van der Waals surface area contributed by atoms with Gasteiger partial charge in [0, 0.05) is 16.9 Å². The molecule has 0 unspecified atom stereocenters. The van der Waals surface area contributed by atoms with Crippen LogP contribution in [0.15, 0.2) is 29.4 Å². The van der Waals surface area contributed by atoms with Crippen molar-refractivity contribution in [3.05, 3.63) is 24.4 Å². The van der Waals surface area contributed by atoms with Gasteiger partial charge in [0.15, 0.2) is 0 Å². The Kier molecular flexibility index (Phi) is 2.57. The first-order valence-corrected chi connectivity index (χ1v) is 4.20. The van der Waals surface area contributed by atoms with Crippen LogP contribution in [0.3, 0.4) is 0 Å². The lowest BCUT2D eigenvalue weighted by molar-refractivity contribution is -0.913. The van der Waals surface area contributed by atoms with Gasteiger partial charge in [-0.1, -0.05) is 11.8 Å². The molecule has 0 fully saturated rings. The summed E-state index contributed by atoms with van der Waals surface area (Å²) in [5.74, 6) is 0. The van der Waals surface area contributed by atoms with Gasteiger partial charge in [-0.15, -0.1) is 0 Å². The molecule has 0 saturated heterocycles. The molecule has 0 aliphatic rings. The lowest BCUT2D eigenvalue weighted by atomic mass is 10.5. The van der Waals surface area contributed by atoms with E-state index < -0.39 is 0 Å². The third-order valence-corrected chi connectivity index (χ3v) is 1.93. The number of aromatic nitrogens is 1. The summed E-state index contributed by atoms with van der Waals surface area (Å²) in [5, 5.41) is 1.10. The predicted molar refractivity (Wildman–Crippen MR) is 40.9 cm³/mol. The molecule has 0 atom stereocenters. The van der Waals surface area contributed by atoms with E-state index in [9.17, 15) is 0 Å². The summed E-state index contributed by atoms with van der Waals surface area (Å²) in [5.41, 5.74) is 0. The van der Waals surface area contributed by atoms with Gasteiger partial charge in [-0.2, -0.15) is 0 Å². The molecule has 0 aromatic carbocycles. The summed E-state index contributed by atoms with van der Waals surface area (Å²) >= 11 is 1.66. The van der Waals surface area contributed by atoms with Crippen molar-refractivity contribution in [3.8, 4) is 0 Å². The number of rotatable bonds is 2. The van der Waals surface area contributed by atoms with Crippen molar-refractivity contribution in [1.82, 2.24) is 0 Å². The van der Waals surface area contributed by atoms with E-state index in [4.69, 9.17) is 4.84 Å². The van der Waals surface area contributed by atoms with Crippen LogP contribution in [0.4, 0.5) is 0 Å². The highest BCUT2D eigenvalue weighted by Gasteiger charge is 2.05. The molecule has 1 heterocycles. The van der Waals surface area contributed by atoms with Crippen molar-refractivity contribution in [2.24, 2.45) is 0 Å². The summed E-state index contributed by atoms with van der Waals surface area (Å²) in [6.07, 6.45) is 3.90. The van der Waals surface area contributed by atoms with Gasteiger partial charge in [0.1, 0.15) is 7.11 Å². The average Bonchev–Trinajstić information content (AvgIpc) is 2.04. The van der Waals surface area contributed by atoms with Crippen LogP contribution in [-0.2, 0) is 0 Å². The van der Waals surface area contributed by atoms with Gasteiger partial charge in [0.25, 0.3) is 5.03 Å². The molecule has 3 heteroatoms. The largest absolute Gasteiger partial charge is 0.290 e. The smallest absolute Gasteiger partial charge is 0.274 e. The molecule has 1 rings (SSSR count). The molecular weight excluding hydrogens is 146 g/mol. The standard InChI is InChI=1S/C7H10NOS/c1-9-8-6-4-3-5-7(8)10-2/h3-6H,1-2H3/q+1. The zero-order valence-electron chi connectivity index (χ0n) is 6.07. The molecule has 0 spiro atoms. The maximum Gasteiger partial charge on any atom is 0.290 e. The zero-order valence-corrected chi connectivity index (χ0v) is 6.89. The lowest BCUT2D eigenvalue weighted by Crippen LogP contribution is -2.41. The first-order chi connectivity index (χ1) is 4.88. The fourth-order valence-electron chi connectivity index (χ4n) is 0.722. The van der Waals surface area contributed by atoms with Crippen LogP contribution in [0.5, 0.6) is 0 Å². The van der Waals surface area contributed by atoms with E-state index in [2.05, 4.69) is 0 Å². The van der Waals surface area contributed by atoms with E-state index in [1.807, 2.05) is 30.7 Å². The Morgan fingerprint density at radius 1 is 1.50 bits per heavy atom. The number of hydrogen-bond acceptors (Lipinski definition) is 2. The van der Waals surface area contributed by atoms with Crippen molar-refractivity contribution >= 4 is 11.8 Å². The van der Waals surface area contributed by atoms with E-state index >= 15 is 0 Å². The van der Waals surface area contributed by atoms with Gasteiger partial charge in [-0.25, -0.2) is 0 Å². The van der Waals surface area contributed by atoms with Gasteiger partial charge >= 0.3 is 0 Å². The van der Waals surface area contributed by atoms with Gasteiger partial charge in [0.2, 0.25) is 6.20 Å². The highest BCUT2D eigenvalue weighted by Crippen LogP contribution is 2.05. The summed E-state index contributed by atoms with van der Waals surface area (Å²) in [6.45, 7) is 0. The van der Waals surface area contributed by atoms with Crippen LogP contribution < -0.4 is 9.57 Å². The highest BCUT2D eigenvalue weighted by atomic mass is 32.2. The Hall–Kier alpha value is -0.700. The molecule has 0 amide bonds. The molecule has 2 nitrogen and oxygen atoms in total. The van der Waals surface area contributed by atoms with Crippen LogP contribution in [0.1, 0.15) is 0 Å². The van der Waals surface area contributed by atoms with E-state index in [0.717, 1.165) is 5.03 Å². The minimum absolute atomic E-state index is 1.10. The van der Waals surface area contributed by atoms with E-state index in [1.54, 1.807) is 23.6 Å². The second kappa shape index (κ2) is 3.46. The van der Waals surface area contributed by atoms with Crippen molar-refractivity contribution in [2.75, 3.05) is 13.4 Å². The topological polar surface area (TPSA) is 13.1 Å². The number of thioether (sulfide) groups is 1. The normalized spacial score (nSPS) is 9.40. The van der Waals surface area contributed by atoms with Crippen molar-refractivity contribution in [2.45, 2.75) is 5.03 Å². The second-order valence-electron chi connectivity index (χ2n) is 1.75. The summed E-state index contributed by atoms with van der Waals surface area (Å²) in [7, 11) is 1.65. The average molecular weight is 156 g/mol. The molecule has 54 valence electrons. The molecule has 0 aliphatic heterocycles. The van der Waals surface area contributed by atoms with Crippen molar-refractivity contribution in [1.29, 1.82) is 0 Å². The minimum Gasteiger partial charge on any atom is -0.274 e. The maximum atomic E-state index is 5.03. The Labute approximate surface area is 64.8 Å². The fourth-order valence-corrected chi connectivity index (χ4v) is 1.25. The van der Waals surface area contributed by atoms with Crippen molar-refractivity contribution < 1.29 is 9.57 Å². The van der Waals surface area contributed by atoms with Crippen molar-refractivity contribution in [3.63, 3.8) is 0 Å². The van der Waals surface area contributed by atoms with Gasteiger partial charge in [0.05, 0.1) is 0 Å². The summed E-state index contributed by atoms with van der Waals surface area (Å²) in [6, 6.07) is 5.93. The lowest BCUT2D eigenvalue weighted by Gasteiger charge is -1.93. The highest BCUT2D eigenvalue weighted by molar-refractivity contribution is 7.98. The first kappa shape index (κ1) is 7.41. The summed E-state index contributed by atoms with van der Waals surface area (Å²) in [4.78, 5) is 5.03. The molecule has 0 bridgehead atoms. The molecule has 0 radical (unpaired) electrons. The molecular formula is C7H10NOS+. The number of nitrogens with zero attached hydrogens (tertiary/aromatic N) is 1. The zero-order chi connectivity index (χ0) is 7.40. The Bertz CT molecular complexity index is 192. The van der Waals surface area contributed by atoms with E-state index in [1.165, 1.54) is 0 Å². The van der Waals surface area contributed by atoms with Gasteiger partial charge in [-0.05, 0) is 12.3 Å².